The first-order chi connectivity index (χ1) is 14.9. The smallest absolute Gasteiger partial charge is 0.343 e. The Bertz CT molecular complexity index is 1240. The van der Waals surface area contributed by atoms with Gasteiger partial charge in [0.25, 0.3) is 0 Å². The van der Waals surface area contributed by atoms with Gasteiger partial charge >= 0.3 is 5.97 Å². The summed E-state index contributed by atoms with van der Waals surface area (Å²) in [6.07, 6.45) is 1.62. The SMILES string of the molecule is COC(=O)C1=C(C)N(c2ccc(Br)cc2)/C(=C/c2ccc(-c3cccc(Cl)c3)o2)C1=O. The van der Waals surface area contributed by atoms with E-state index in [1.165, 1.54) is 7.11 Å². The molecule has 3 aromatic rings. The average Bonchev–Trinajstić information content (AvgIpc) is 3.32. The van der Waals surface area contributed by atoms with Crippen LogP contribution in [0.5, 0.6) is 0 Å². The Morgan fingerprint density at radius 3 is 2.55 bits per heavy atom. The summed E-state index contributed by atoms with van der Waals surface area (Å²) >= 11 is 9.49. The van der Waals surface area contributed by atoms with Crippen LogP contribution in [-0.4, -0.2) is 18.9 Å². The number of benzene rings is 2. The number of methoxy groups -OCH3 is 1. The van der Waals surface area contributed by atoms with Gasteiger partial charge in [0, 0.05) is 32.5 Å². The molecule has 0 spiro atoms. The highest BCUT2D eigenvalue weighted by molar-refractivity contribution is 9.10. The molecule has 31 heavy (non-hydrogen) atoms. The highest BCUT2D eigenvalue weighted by atomic mass is 79.9. The van der Waals surface area contributed by atoms with Gasteiger partial charge in [-0.2, -0.15) is 0 Å². The lowest BCUT2D eigenvalue weighted by Crippen LogP contribution is -2.18. The number of anilines is 1. The van der Waals surface area contributed by atoms with Crippen molar-refractivity contribution in [2.45, 2.75) is 6.92 Å². The molecule has 0 saturated heterocycles. The van der Waals surface area contributed by atoms with E-state index in [1.54, 1.807) is 36.1 Å². The van der Waals surface area contributed by atoms with Gasteiger partial charge in [-0.1, -0.05) is 39.7 Å². The number of carbonyl (C=O) groups excluding carboxylic acids is 2. The Morgan fingerprint density at radius 1 is 1.13 bits per heavy atom. The van der Waals surface area contributed by atoms with Crippen molar-refractivity contribution < 1.29 is 18.7 Å². The van der Waals surface area contributed by atoms with Crippen LogP contribution in [0, 0.1) is 0 Å². The van der Waals surface area contributed by atoms with Crippen molar-refractivity contribution in [2.75, 3.05) is 12.0 Å². The summed E-state index contributed by atoms with van der Waals surface area (Å²) in [5.41, 5.74) is 2.35. The maximum atomic E-state index is 13.2. The second-order valence-electron chi connectivity index (χ2n) is 6.83. The van der Waals surface area contributed by atoms with Crippen molar-refractivity contribution in [1.29, 1.82) is 0 Å². The predicted molar refractivity (Wildman–Crippen MR) is 123 cm³/mol. The molecule has 1 aromatic heterocycles. The molecule has 1 aliphatic heterocycles. The molecule has 0 unspecified atom stereocenters. The summed E-state index contributed by atoms with van der Waals surface area (Å²) in [6.45, 7) is 1.71. The van der Waals surface area contributed by atoms with Crippen LogP contribution >= 0.6 is 27.5 Å². The Hall–Kier alpha value is -3.09. The van der Waals surface area contributed by atoms with Crippen molar-refractivity contribution in [3.8, 4) is 11.3 Å². The van der Waals surface area contributed by atoms with E-state index in [2.05, 4.69) is 15.9 Å². The minimum atomic E-state index is -0.674. The Labute approximate surface area is 192 Å². The van der Waals surface area contributed by atoms with E-state index in [9.17, 15) is 9.59 Å². The lowest BCUT2D eigenvalue weighted by molar-refractivity contribution is -0.137. The lowest BCUT2D eigenvalue weighted by Gasteiger charge is -2.21. The normalized spacial score (nSPS) is 15.2. The van der Waals surface area contributed by atoms with Crippen LogP contribution in [0.4, 0.5) is 5.69 Å². The molecule has 156 valence electrons. The molecule has 4 rings (SSSR count). The van der Waals surface area contributed by atoms with E-state index in [-0.39, 0.29) is 5.57 Å². The molecule has 0 fully saturated rings. The van der Waals surface area contributed by atoms with E-state index in [4.69, 9.17) is 20.8 Å². The molecule has 0 bridgehead atoms. The van der Waals surface area contributed by atoms with Crippen molar-refractivity contribution >= 4 is 51.0 Å². The maximum Gasteiger partial charge on any atom is 0.343 e. The zero-order valence-corrected chi connectivity index (χ0v) is 19.0. The number of furan rings is 1. The minimum absolute atomic E-state index is 0.00158. The van der Waals surface area contributed by atoms with Gasteiger partial charge in [-0.3, -0.25) is 4.79 Å². The van der Waals surface area contributed by atoms with Crippen LogP contribution in [0.3, 0.4) is 0 Å². The summed E-state index contributed by atoms with van der Waals surface area (Å²) in [7, 11) is 1.26. The molecule has 7 heteroatoms. The summed E-state index contributed by atoms with van der Waals surface area (Å²) in [5.74, 6) is -0.00717. The molecule has 5 nitrogen and oxygen atoms in total. The fourth-order valence-electron chi connectivity index (χ4n) is 3.44. The van der Waals surface area contributed by atoms with Crippen molar-refractivity contribution in [3.05, 3.63) is 92.9 Å². The standard InChI is InChI=1S/C24H17BrClNO4/c1-14-22(24(29)30-2)23(28)20(27(14)18-8-6-16(25)7-9-18)13-19-10-11-21(31-19)15-4-3-5-17(26)12-15/h3-13H,1-2H3/b20-13+. The molecular weight excluding hydrogens is 482 g/mol. The van der Waals surface area contributed by atoms with Crippen molar-refractivity contribution in [2.24, 2.45) is 0 Å². The number of rotatable bonds is 4. The third-order valence-electron chi connectivity index (χ3n) is 4.89. The molecular formula is C24H17BrClNO4. The number of carbonyl (C=O) groups is 2. The molecule has 0 N–H and O–H groups in total. The number of hydrogen-bond donors (Lipinski definition) is 0. The highest BCUT2D eigenvalue weighted by Crippen LogP contribution is 2.36. The number of Topliss-reactive ketones (excluding diaryl/α,β-unsaturated/α-hetero) is 1. The fraction of sp³-hybridized carbons (Fsp3) is 0.0833. The van der Waals surface area contributed by atoms with Crippen LogP contribution in [0.2, 0.25) is 5.02 Å². The van der Waals surface area contributed by atoms with Gasteiger partial charge in [-0.05, 0) is 55.5 Å². The van der Waals surface area contributed by atoms with E-state index in [0.29, 0.717) is 27.9 Å². The number of allylic oxidation sites excluding steroid dienone is 2. The second-order valence-corrected chi connectivity index (χ2v) is 8.19. The highest BCUT2D eigenvalue weighted by Gasteiger charge is 2.38. The zero-order valence-electron chi connectivity index (χ0n) is 16.7. The number of halogens is 2. The fourth-order valence-corrected chi connectivity index (χ4v) is 3.90. The molecule has 2 heterocycles. The molecule has 0 aliphatic carbocycles. The number of nitrogens with zero attached hydrogens (tertiary/aromatic N) is 1. The number of hydrogen-bond acceptors (Lipinski definition) is 5. The average molecular weight is 499 g/mol. The largest absolute Gasteiger partial charge is 0.465 e. The predicted octanol–water partition coefficient (Wildman–Crippen LogP) is 6.24. The quantitative estimate of drug-likeness (QED) is 0.242. The number of esters is 1. The third-order valence-corrected chi connectivity index (χ3v) is 5.65. The van der Waals surface area contributed by atoms with E-state index < -0.39 is 11.8 Å². The van der Waals surface area contributed by atoms with Crippen LogP contribution < -0.4 is 4.90 Å². The van der Waals surface area contributed by atoms with E-state index in [0.717, 1.165) is 15.7 Å². The van der Waals surface area contributed by atoms with Crippen molar-refractivity contribution in [3.63, 3.8) is 0 Å². The molecule has 0 amide bonds. The molecule has 0 saturated carbocycles. The first-order valence-electron chi connectivity index (χ1n) is 9.36. The van der Waals surface area contributed by atoms with Gasteiger partial charge in [-0.25, -0.2) is 4.79 Å². The Kier molecular flexibility index (Phi) is 5.85. The number of ether oxygens (including phenoxy) is 1. The molecule has 0 atom stereocenters. The Morgan fingerprint density at radius 2 is 1.87 bits per heavy atom. The van der Waals surface area contributed by atoms with Gasteiger partial charge in [-0.15, -0.1) is 0 Å². The third kappa shape index (κ3) is 4.09. The summed E-state index contributed by atoms with van der Waals surface area (Å²) in [5, 5.41) is 0.601. The first-order valence-corrected chi connectivity index (χ1v) is 10.5. The summed E-state index contributed by atoms with van der Waals surface area (Å²) in [4.78, 5) is 27.2. The van der Waals surface area contributed by atoms with E-state index in [1.807, 2.05) is 42.5 Å². The topological polar surface area (TPSA) is 59.8 Å². The van der Waals surface area contributed by atoms with Gasteiger partial charge in [0.05, 0.1) is 12.8 Å². The van der Waals surface area contributed by atoms with Gasteiger partial charge < -0.3 is 14.1 Å². The van der Waals surface area contributed by atoms with Gasteiger partial charge in [0.15, 0.2) is 0 Å². The lowest BCUT2D eigenvalue weighted by atomic mass is 10.1. The number of ketones is 1. The minimum Gasteiger partial charge on any atom is -0.465 e. The maximum absolute atomic E-state index is 13.2. The van der Waals surface area contributed by atoms with Crippen LogP contribution in [-0.2, 0) is 14.3 Å². The van der Waals surface area contributed by atoms with Crippen molar-refractivity contribution in [1.82, 2.24) is 0 Å². The Balaban J connectivity index is 1.78. The van der Waals surface area contributed by atoms with E-state index >= 15 is 0 Å². The van der Waals surface area contributed by atoms with Gasteiger partial charge in [0.2, 0.25) is 5.78 Å². The van der Waals surface area contributed by atoms with Crippen LogP contribution in [0.25, 0.3) is 17.4 Å². The summed E-state index contributed by atoms with van der Waals surface area (Å²) < 4.78 is 11.7. The monoisotopic (exact) mass is 497 g/mol. The zero-order chi connectivity index (χ0) is 22.1. The van der Waals surface area contributed by atoms with Crippen LogP contribution in [0.15, 0.2) is 86.5 Å². The first kappa shape index (κ1) is 21.2. The van der Waals surface area contributed by atoms with Crippen LogP contribution in [0.1, 0.15) is 12.7 Å². The molecule has 0 radical (unpaired) electrons. The molecule has 1 aliphatic rings. The van der Waals surface area contributed by atoms with Gasteiger partial charge in [0.1, 0.15) is 17.1 Å². The molecule has 2 aromatic carbocycles. The second kappa shape index (κ2) is 8.57. The summed E-state index contributed by atoms with van der Waals surface area (Å²) in [6, 6.07) is 18.3.